The van der Waals surface area contributed by atoms with E-state index >= 15 is 0 Å². The van der Waals surface area contributed by atoms with Crippen LogP contribution in [-0.2, 0) is 6.54 Å². The summed E-state index contributed by atoms with van der Waals surface area (Å²) < 4.78 is 11.1. The van der Waals surface area contributed by atoms with Gasteiger partial charge in [-0.3, -0.25) is 0 Å². The van der Waals surface area contributed by atoms with Gasteiger partial charge in [0, 0.05) is 6.54 Å². The summed E-state index contributed by atoms with van der Waals surface area (Å²) in [6.45, 7) is 1.79. The fourth-order valence-electron chi connectivity index (χ4n) is 2.05. The van der Waals surface area contributed by atoms with Gasteiger partial charge in [0.15, 0.2) is 11.5 Å². The lowest BCUT2D eigenvalue weighted by atomic mass is 10.2. The minimum atomic E-state index is 0.584. The number of hydrogen-bond donors (Lipinski definition) is 1. The van der Waals surface area contributed by atoms with Crippen LogP contribution in [0.1, 0.15) is 5.56 Å². The molecule has 3 rings (SSSR count). The zero-order chi connectivity index (χ0) is 13.9. The number of para-hydroxylation sites is 1. The number of halogens is 2. The Balaban J connectivity index is 1.75. The van der Waals surface area contributed by atoms with Gasteiger partial charge in [0.05, 0.1) is 15.7 Å². The molecule has 0 saturated heterocycles. The molecule has 0 aliphatic carbocycles. The fraction of sp³-hybridized carbons (Fsp3) is 0.200. The molecule has 1 aliphatic heterocycles. The van der Waals surface area contributed by atoms with Crippen LogP contribution in [0.2, 0.25) is 10.0 Å². The third-order valence-electron chi connectivity index (χ3n) is 3.04. The first-order valence-electron chi connectivity index (χ1n) is 6.30. The van der Waals surface area contributed by atoms with Crippen LogP contribution in [0.25, 0.3) is 0 Å². The largest absolute Gasteiger partial charge is 0.486 e. The van der Waals surface area contributed by atoms with Gasteiger partial charge in [-0.1, -0.05) is 35.3 Å². The molecule has 0 radical (unpaired) electrons. The molecule has 1 heterocycles. The number of fused-ring (bicyclic) bond motifs is 1. The second kappa shape index (κ2) is 5.81. The van der Waals surface area contributed by atoms with Crippen LogP contribution >= 0.6 is 23.2 Å². The SMILES string of the molecule is Clc1cccc(Cl)c1NCc1ccc2c(c1)OCCO2. The van der Waals surface area contributed by atoms with Crippen molar-refractivity contribution < 1.29 is 9.47 Å². The normalized spacial score (nSPS) is 13.1. The van der Waals surface area contributed by atoms with Crippen LogP contribution in [0.3, 0.4) is 0 Å². The summed E-state index contributed by atoms with van der Waals surface area (Å²) in [5.41, 5.74) is 1.82. The summed E-state index contributed by atoms with van der Waals surface area (Å²) in [6.07, 6.45) is 0. The zero-order valence-corrected chi connectivity index (χ0v) is 12.2. The van der Waals surface area contributed by atoms with Crippen LogP contribution in [0.4, 0.5) is 5.69 Å². The molecule has 0 saturated carbocycles. The van der Waals surface area contributed by atoms with E-state index in [2.05, 4.69) is 5.32 Å². The first kappa shape index (κ1) is 13.4. The number of anilines is 1. The molecule has 0 aromatic heterocycles. The lowest BCUT2D eigenvalue weighted by Crippen LogP contribution is -2.15. The third-order valence-corrected chi connectivity index (χ3v) is 3.67. The van der Waals surface area contributed by atoms with Gasteiger partial charge in [-0.05, 0) is 29.8 Å². The average molecular weight is 310 g/mol. The van der Waals surface area contributed by atoms with Crippen molar-refractivity contribution in [3.63, 3.8) is 0 Å². The van der Waals surface area contributed by atoms with Gasteiger partial charge in [-0.2, -0.15) is 0 Å². The highest BCUT2D eigenvalue weighted by atomic mass is 35.5. The molecule has 1 N–H and O–H groups in total. The van der Waals surface area contributed by atoms with Gasteiger partial charge in [-0.25, -0.2) is 0 Å². The summed E-state index contributed by atoms with van der Waals surface area (Å²) >= 11 is 12.2. The van der Waals surface area contributed by atoms with E-state index in [1.165, 1.54) is 0 Å². The summed E-state index contributed by atoms with van der Waals surface area (Å²) in [7, 11) is 0. The first-order chi connectivity index (χ1) is 9.74. The standard InChI is InChI=1S/C15H13Cl2NO2/c16-11-2-1-3-12(17)15(11)18-9-10-4-5-13-14(8-10)20-7-6-19-13/h1-5,8,18H,6-7,9H2. The Labute approximate surface area is 127 Å². The molecule has 5 heteroatoms. The molecular formula is C15H13Cl2NO2. The maximum absolute atomic E-state index is 6.12. The quantitative estimate of drug-likeness (QED) is 0.913. The molecule has 2 aromatic carbocycles. The molecule has 0 spiro atoms. The van der Waals surface area contributed by atoms with Crippen LogP contribution in [-0.4, -0.2) is 13.2 Å². The Kier molecular flexibility index (Phi) is 3.90. The minimum absolute atomic E-state index is 0.584. The predicted molar refractivity (Wildman–Crippen MR) is 81.2 cm³/mol. The molecule has 0 fully saturated rings. The Hall–Kier alpha value is -1.58. The first-order valence-corrected chi connectivity index (χ1v) is 7.06. The number of ether oxygens (including phenoxy) is 2. The van der Waals surface area contributed by atoms with Gasteiger partial charge in [0.25, 0.3) is 0 Å². The van der Waals surface area contributed by atoms with Crippen molar-refractivity contribution in [2.24, 2.45) is 0 Å². The highest BCUT2D eigenvalue weighted by molar-refractivity contribution is 6.39. The molecule has 0 atom stereocenters. The van der Waals surface area contributed by atoms with E-state index in [0.717, 1.165) is 22.7 Å². The van der Waals surface area contributed by atoms with Crippen LogP contribution in [0.5, 0.6) is 11.5 Å². The molecule has 2 aromatic rings. The van der Waals surface area contributed by atoms with Gasteiger partial charge < -0.3 is 14.8 Å². The number of nitrogens with one attached hydrogen (secondary N) is 1. The van der Waals surface area contributed by atoms with Gasteiger partial charge in [0.2, 0.25) is 0 Å². The molecule has 1 aliphatic rings. The fourth-order valence-corrected chi connectivity index (χ4v) is 2.59. The smallest absolute Gasteiger partial charge is 0.161 e. The van der Waals surface area contributed by atoms with E-state index in [-0.39, 0.29) is 0 Å². The van der Waals surface area contributed by atoms with E-state index < -0.39 is 0 Å². The second-order valence-electron chi connectivity index (χ2n) is 4.43. The van der Waals surface area contributed by atoms with Gasteiger partial charge in [-0.15, -0.1) is 0 Å². The van der Waals surface area contributed by atoms with Crippen LogP contribution in [0, 0.1) is 0 Å². The highest BCUT2D eigenvalue weighted by Gasteiger charge is 2.12. The van der Waals surface area contributed by atoms with Crippen molar-refractivity contribution in [1.29, 1.82) is 0 Å². The van der Waals surface area contributed by atoms with Crippen molar-refractivity contribution >= 4 is 28.9 Å². The van der Waals surface area contributed by atoms with Crippen molar-refractivity contribution in [1.82, 2.24) is 0 Å². The predicted octanol–water partition coefficient (Wildman–Crippen LogP) is 4.38. The lowest BCUT2D eigenvalue weighted by molar-refractivity contribution is 0.171. The van der Waals surface area contributed by atoms with Crippen LogP contribution in [0.15, 0.2) is 36.4 Å². The van der Waals surface area contributed by atoms with E-state index in [1.807, 2.05) is 24.3 Å². The number of benzene rings is 2. The number of rotatable bonds is 3. The van der Waals surface area contributed by atoms with Gasteiger partial charge >= 0.3 is 0 Å². The maximum atomic E-state index is 6.12. The van der Waals surface area contributed by atoms with Crippen molar-refractivity contribution in [2.75, 3.05) is 18.5 Å². The minimum Gasteiger partial charge on any atom is -0.486 e. The van der Waals surface area contributed by atoms with Gasteiger partial charge in [0.1, 0.15) is 13.2 Å². The molecule has 0 amide bonds. The Morgan fingerprint density at radius 3 is 2.40 bits per heavy atom. The van der Waals surface area contributed by atoms with E-state index in [9.17, 15) is 0 Å². The molecular weight excluding hydrogens is 297 g/mol. The van der Waals surface area contributed by atoms with Crippen molar-refractivity contribution in [2.45, 2.75) is 6.54 Å². The Morgan fingerprint density at radius 1 is 0.950 bits per heavy atom. The topological polar surface area (TPSA) is 30.5 Å². The summed E-state index contributed by atoms with van der Waals surface area (Å²) in [4.78, 5) is 0. The second-order valence-corrected chi connectivity index (χ2v) is 5.24. The Morgan fingerprint density at radius 2 is 1.65 bits per heavy atom. The molecule has 0 unspecified atom stereocenters. The lowest BCUT2D eigenvalue weighted by Gasteiger charge is -2.19. The summed E-state index contributed by atoms with van der Waals surface area (Å²) in [5, 5.41) is 4.46. The maximum Gasteiger partial charge on any atom is 0.161 e. The Bertz CT molecular complexity index is 611. The summed E-state index contributed by atoms with van der Waals surface area (Å²) in [6, 6.07) is 11.3. The van der Waals surface area contributed by atoms with Crippen molar-refractivity contribution in [3.8, 4) is 11.5 Å². The van der Waals surface area contributed by atoms with Crippen molar-refractivity contribution in [3.05, 3.63) is 52.0 Å². The molecule has 3 nitrogen and oxygen atoms in total. The van der Waals surface area contributed by atoms with Crippen LogP contribution < -0.4 is 14.8 Å². The van der Waals surface area contributed by atoms with E-state index in [0.29, 0.717) is 29.8 Å². The van der Waals surface area contributed by atoms with E-state index in [4.69, 9.17) is 32.7 Å². The average Bonchev–Trinajstić information content (AvgIpc) is 2.46. The summed E-state index contributed by atoms with van der Waals surface area (Å²) in [5.74, 6) is 1.57. The third kappa shape index (κ3) is 2.79. The monoisotopic (exact) mass is 309 g/mol. The number of hydrogen-bond acceptors (Lipinski definition) is 3. The molecule has 0 bridgehead atoms. The molecule has 104 valence electrons. The molecule has 20 heavy (non-hydrogen) atoms. The highest BCUT2D eigenvalue weighted by Crippen LogP contribution is 2.33. The van der Waals surface area contributed by atoms with E-state index in [1.54, 1.807) is 12.1 Å². The zero-order valence-electron chi connectivity index (χ0n) is 10.7.